The summed E-state index contributed by atoms with van der Waals surface area (Å²) in [6.07, 6.45) is 1.56. The molecule has 1 aromatic carbocycles. The molecule has 1 aliphatic rings. The summed E-state index contributed by atoms with van der Waals surface area (Å²) in [5.41, 5.74) is 2.18. The van der Waals surface area contributed by atoms with Crippen molar-refractivity contribution in [1.29, 1.82) is 0 Å². The number of rotatable bonds is 1. The zero-order valence-corrected chi connectivity index (χ0v) is 9.04. The summed E-state index contributed by atoms with van der Waals surface area (Å²) in [5.74, 6) is -0.373. The fraction of sp³-hybridized carbons (Fsp3) is 0.273. The van der Waals surface area contributed by atoms with Crippen LogP contribution in [0.5, 0.6) is 0 Å². The molecule has 1 heterocycles. The van der Waals surface area contributed by atoms with Crippen molar-refractivity contribution >= 4 is 28.4 Å². The summed E-state index contributed by atoms with van der Waals surface area (Å²) in [7, 11) is 1.36. The monoisotopic (exact) mass is 223 g/mol. The number of benzene rings is 1. The smallest absolute Gasteiger partial charge is 0.340 e. The second-order valence-electron chi connectivity index (χ2n) is 3.29. The molecule has 2 rings (SSSR count). The Labute approximate surface area is 92.7 Å². The van der Waals surface area contributed by atoms with Crippen LogP contribution in [0.1, 0.15) is 22.3 Å². The molecule has 0 aromatic heterocycles. The third kappa shape index (κ3) is 1.88. The maximum Gasteiger partial charge on any atom is 0.340 e. The van der Waals surface area contributed by atoms with Crippen LogP contribution in [0.3, 0.4) is 0 Å². The normalized spacial score (nSPS) is 14.1. The van der Waals surface area contributed by atoms with Crippen LogP contribution in [-0.2, 0) is 11.2 Å². The molecule has 0 bridgehead atoms. The number of halogens is 1. The lowest BCUT2D eigenvalue weighted by Gasteiger charge is -2.14. The molecule has 0 radical (unpaired) electrons. The second kappa shape index (κ2) is 4.03. The Morgan fingerprint density at radius 3 is 3.00 bits per heavy atom. The molecule has 15 heavy (non-hydrogen) atoms. The minimum absolute atomic E-state index is 0.373. The van der Waals surface area contributed by atoms with Crippen molar-refractivity contribution in [2.75, 3.05) is 7.11 Å². The number of carbonyl (C=O) groups excluding carboxylic acids is 1. The van der Waals surface area contributed by atoms with Gasteiger partial charge in [0, 0.05) is 6.42 Å². The van der Waals surface area contributed by atoms with E-state index < -0.39 is 0 Å². The van der Waals surface area contributed by atoms with E-state index in [1.807, 2.05) is 12.1 Å². The van der Waals surface area contributed by atoms with Crippen molar-refractivity contribution in [3.63, 3.8) is 0 Å². The summed E-state index contributed by atoms with van der Waals surface area (Å²) in [6.45, 7) is 0. The lowest BCUT2D eigenvalue weighted by atomic mass is 10.0. The van der Waals surface area contributed by atoms with Gasteiger partial charge in [0.25, 0.3) is 0 Å². The van der Waals surface area contributed by atoms with Crippen LogP contribution < -0.4 is 0 Å². The zero-order valence-electron chi connectivity index (χ0n) is 8.29. The standard InChI is InChI=1S/C11H10ClNO2/c1-15-11(14)8-4-2-3-7-5-6-9(12)13-10(7)8/h2-4H,5-6H2,1H3. The number of aryl methyl sites for hydroxylation is 1. The van der Waals surface area contributed by atoms with Gasteiger partial charge < -0.3 is 4.74 Å². The number of aliphatic imine (C=N–C) groups is 1. The van der Waals surface area contributed by atoms with Crippen molar-refractivity contribution < 1.29 is 9.53 Å². The molecular formula is C11H10ClNO2. The van der Waals surface area contributed by atoms with Gasteiger partial charge >= 0.3 is 5.97 Å². The molecule has 0 amide bonds. The highest BCUT2D eigenvalue weighted by Gasteiger charge is 2.18. The Bertz CT molecular complexity index is 440. The third-order valence-electron chi connectivity index (χ3n) is 2.36. The average molecular weight is 224 g/mol. The predicted molar refractivity (Wildman–Crippen MR) is 59.1 cm³/mol. The van der Waals surface area contributed by atoms with Crippen molar-refractivity contribution in [2.24, 2.45) is 4.99 Å². The van der Waals surface area contributed by atoms with Crippen LogP contribution in [0, 0.1) is 0 Å². The molecule has 0 fully saturated rings. The summed E-state index contributed by atoms with van der Waals surface area (Å²) >= 11 is 5.86. The molecule has 0 saturated carbocycles. The number of hydrogen-bond donors (Lipinski definition) is 0. The van der Waals surface area contributed by atoms with Crippen LogP contribution in [0.2, 0.25) is 0 Å². The highest BCUT2D eigenvalue weighted by Crippen LogP contribution is 2.30. The lowest BCUT2D eigenvalue weighted by molar-refractivity contribution is 0.0601. The third-order valence-corrected chi connectivity index (χ3v) is 2.63. The molecule has 0 unspecified atom stereocenters. The van der Waals surface area contributed by atoms with Crippen LogP contribution >= 0.6 is 11.6 Å². The minimum atomic E-state index is -0.373. The van der Waals surface area contributed by atoms with Crippen molar-refractivity contribution in [3.8, 4) is 0 Å². The largest absolute Gasteiger partial charge is 0.465 e. The van der Waals surface area contributed by atoms with E-state index >= 15 is 0 Å². The number of esters is 1. The van der Waals surface area contributed by atoms with Gasteiger partial charge in [-0.05, 0) is 18.1 Å². The van der Waals surface area contributed by atoms with E-state index in [-0.39, 0.29) is 5.97 Å². The van der Waals surface area contributed by atoms with Gasteiger partial charge in [-0.15, -0.1) is 0 Å². The molecule has 0 atom stereocenters. The molecule has 1 aromatic rings. The number of fused-ring (bicyclic) bond motifs is 1. The zero-order chi connectivity index (χ0) is 10.8. The van der Waals surface area contributed by atoms with Gasteiger partial charge in [0.2, 0.25) is 0 Å². The van der Waals surface area contributed by atoms with Gasteiger partial charge in [-0.2, -0.15) is 0 Å². The Balaban J connectivity index is 2.55. The average Bonchev–Trinajstić information content (AvgIpc) is 2.27. The first-order valence-electron chi connectivity index (χ1n) is 4.65. The molecule has 0 saturated heterocycles. The van der Waals surface area contributed by atoms with Gasteiger partial charge in [0.05, 0.1) is 18.4 Å². The number of methoxy groups -OCH3 is 1. The number of nitrogens with zero attached hydrogens (tertiary/aromatic N) is 1. The summed E-state index contributed by atoms with van der Waals surface area (Å²) in [6, 6.07) is 5.48. The van der Waals surface area contributed by atoms with Crippen molar-refractivity contribution in [2.45, 2.75) is 12.8 Å². The minimum Gasteiger partial charge on any atom is -0.465 e. The van der Waals surface area contributed by atoms with Crippen LogP contribution in [0.15, 0.2) is 23.2 Å². The molecule has 1 aliphatic heterocycles. The molecule has 0 spiro atoms. The van der Waals surface area contributed by atoms with Gasteiger partial charge in [-0.1, -0.05) is 23.7 Å². The number of hydrogen-bond acceptors (Lipinski definition) is 3. The summed E-state index contributed by atoms with van der Waals surface area (Å²) < 4.78 is 4.69. The quantitative estimate of drug-likeness (QED) is 0.687. The lowest BCUT2D eigenvalue weighted by Crippen LogP contribution is -2.07. The SMILES string of the molecule is COC(=O)c1cccc2c1N=C(Cl)CC2. The Kier molecular flexibility index (Phi) is 2.73. The fourth-order valence-corrected chi connectivity index (χ4v) is 1.79. The van der Waals surface area contributed by atoms with Crippen molar-refractivity contribution in [1.82, 2.24) is 0 Å². The van der Waals surface area contributed by atoms with Gasteiger partial charge in [0.15, 0.2) is 0 Å². The Hall–Kier alpha value is -1.35. The van der Waals surface area contributed by atoms with E-state index in [4.69, 9.17) is 11.6 Å². The maximum atomic E-state index is 11.5. The Morgan fingerprint density at radius 2 is 2.27 bits per heavy atom. The molecule has 3 nitrogen and oxygen atoms in total. The van der Waals surface area contributed by atoms with Gasteiger partial charge in [-0.25, -0.2) is 9.79 Å². The highest BCUT2D eigenvalue weighted by atomic mass is 35.5. The molecule has 4 heteroatoms. The molecule has 0 aliphatic carbocycles. The van der Waals surface area contributed by atoms with Crippen LogP contribution in [0.4, 0.5) is 5.69 Å². The van der Waals surface area contributed by atoms with Crippen LogP contribution in [0.25, 0.3) is 0 Å². The maximum absolute atomic E-state index is 11.5. The fourth-order valence-electron chi connectivity index (χ4n) is 1.61. The van der Waals surface area contributed by atoms with E-state index in [1.165, 1.54) is 7.11 Å². The second-order valence-corrected chi connectivity index (χ2v) is 3.73. The number of para-hydroxylation sites is 1. The van der Waals surface area contributed by atoms with E-state index in [0.29, 0.717) is 16.4 Å². The topological polar surface area (TPSA) is 38.7 Å². The van der Waals surface area contributed by atoms with Crippen LogP contribution in [-0.4, -0.2) is 18.2 Å². The highest BCUT2D eigenvalue weighted by molar-refractivity contribution is 6.65. The number of ether oxygens (including phenoxy) is 1. The first-order chi connectivity index (χ1) is 7.22. The van der Waals surface area contributed by atoms with Crippen molar-refractivity contribution in [3.05, 3.63) is 29.3 Å². The van der Waals surface area contributed by atoms with E-state index in [1.54, 1.807) is 6.07 Å². The predicted octanol–water partition coefficient (Wildman–Crippen LogP) is 2.69. The van der Waals surface area contributed by atoms with E-state index in [2.05, 4.69) is 9.73 Å². The number of carbonyl (C=O) groups is 1. The van der Waals surface area contributed by atoms with Gasteiger partial charge in [0.1, 0.15) is 5.17 Å². The van der Waals surface area contributed by atoms with E-state index in [9.17, 15) is 4.79 Å². The first-order valence-corrected chi connectivity index (χ1v) is 5.03. The summed E-state index contributed by atoms with van der Waals surface area (Å²) in [4.78, 5) is 15.7. The molecule has 78 valence electrons. The van der Waals surface area contributed by atoms with Gasteiger partial charge in [-0.3, -0.25) is 0 Å². The molecular weight excluding hydrogens is 214 g/mol. The van der Waals surface area contributed by atoms with E-state index in [0.717, 1.165) is 18.4 Å². The Morgan fingerprint density at radius 1 is 1.47 bits per heavy atom. The first kappa shape index (κ1) is 10.2. The summed E-state index contributed by atoms with van der Waals surface area (Å²) in [5, 5.41) is 0.541. The molecule has 0 N–H and O–H groups in total.